The van der Waals surface area contributed by atoms with Crippen molar-refractivity contribution in [3.8, 4) is 5.75 Å². The van der Waals surface area contributed by atoms with Crippen molar-refractivity contribution in [1.82, 2.24) is 5.32 Å². The molecular weight excluding hydrogens is 298 g/mol. The lowest BCUT2D eigenvalue weighted by Gasteiger charge is -2.20. The summed E-state index contributed by atoms with van der Waals surface area (Å²) in [6.07, 6.45) is 9.12. The summed E-state index contributed by atoms with van der Waals surface area (Å²) >= 11 is 0. The third-order valence-electron chi connectivity index (χ3n) is 5.11. The highest BCUT2D eigenvalue weighted by Gasteiger charge is 2.17. The van der Waals surface area contributed by atoms with Gasteiger partial charge in [-0.15, -0.1) is 0 Å². The van der Waals surface area contributed by atoms with E-state index >= 15 is 0 Å². The van der Waals surface area contributed by atoms with Gasteiger partial charge in [0.15, 0.2) is 6.10 Å². The molecule has 0 bridgehead atoms. The molecule has 0 saturated heterocycles. The number of aryl methyl sites for hydroxylation is 2. The summed E-state index contributed by atoms with van der Waals surface area (Å²) in [5, 5.41) is 3.06. The van der Waals surface area contributed by atoms with Crippen LogP contribution in [0, 0.1) is 5.92 Å². The van der Waals surface area contributed by atoms with Gasteiger partial charge >= 0.3 is 0 Å². The number of hydrogen-bond acceptors (Lipinski definition) is 2. The largest absolute Gasteiger partial charge is 0.481 e. The zero-order valence-electron chi connectivity index (χ0n) is 15.6. The quantitative estimate of drug-likeness (QED) is 0.714. The first kappa shape index (κ1) is 18.8. The van der Waals surface area contributed by atoms with Gasteiger partial charge in [0.05, 0.1) is 0 Å². The van der Waals surface area contributed by atoms with Gasteiger partial charge in [0.2, 0.25) is 0 Å². The smallest absolute Gasteiger partial charge is 0.260 e. The van der Waals surface area contributed by atoms with Crippen molar-refractivity contribution in [2.75, 3.05) is 6.54 Å². The SMILES string of the molecule is CCCC[C@@H](CC)CNC(=O)[C@H](C)Oc1ccc2c(c1)CCCC2. The van der Waals surface area contributed by atoms with Crippen LogP contribution in [0.15, 0.2) is 18.2 Å². The Balaban J connectivity index is 1.82. The van der Waals surface area contributed by atoms with Crippen molar-refractivity contribution in [2.45, 2.75) is 78.2 Å². The normalized spacial score (nSPS) is 16.1. The summed E-state index contributed by atoms with van der Waals surface area (Å²) in [5.41, 5.74) is 2.82. The third kappa shape index (κ3) is 5.54. The summed E-state index contributed by atoms with van der Waals surface area (Å²) in [6, 6.07) is 6.28. The molecule has 1 amide bonds. The van der Waals surface area contributed by atoms with E-state index in [0.717, 1.165) is 25.1 Å². The molecule has 0 fully saturated rings. The number of ether oxygens (including phenoxy) is 1. The molecule has 0 unspecified atom stereocenters. The molecule has 1 aromatic rings. The Kier molecular flexibility index (Phi) is 7.61. The summed E-state index contributed by atoms with van der Waals surface area (Å²) in [5.74, 6) is 1.38. The lowest BCUT2D eigenvalue weighted by atomic mass is 9.92. The van der Waals surface area contributed by atoms with E-state index < -0.39 is 6.10 Å². The second-order valence-electron chi connectivity index (χ2n) is 7.06. The van der Waals surface area contributed by atoms with E-state index in [9.17, 15) is 4.79 Å². The van der Waals surface area contributed by atoms with Crippen LogP contribution in [0.1, 0.15) is 70.4 Å². The van der Waals surface area contributed by atoms with Gasteiger partial charge in [-0.25, -0.2) is 0 Å². The molecule has 0 heterocycles. The summed E-state index contributed by atoms with van der Waals surface area (Å²) in [7, 11) is 0. The molecule has 1 N–H and O–H groups in total. The first-order valence-electron chi connectivity index (χ1n) is 9.70. The van der Waals surface area contributed by atoms with Gasteiger partial charge in [0.1, 0.15) is 5.75 Å². The van der Waals surface area contributed by atoms with Gasteiger partial charge in [-0.3, -0.25) is 4.79 Å². The van der Waals surface area contributed by atoms with Crippen molar-refractivity contribution in [2.24, 2.45) is 5.92 Å². The monoisotopic (exact) mass is 331 g/mol. The molecule has 1 aromatic carbocycles. The summed E-state index contributed by atoms with van der Waals surface area (Å²) in [4.78, 5) is 12.3. The van der Waals surface area contributed by atoms with Crippen molar-refractivity contribution in [1.29, 1.82) is 0 Å². The zero-order valence-corrected chi connectivity index (χ0v) is 15.6. The number of amides is 1. The van der Waals surface area contributed by atoms with Crippen LogP contribution in [0.3, 0.4) is 0 Å². The molecule has 3 heteroatoms. The highest BCUT2D eigenvalue weighted by atomic mass is 16.5. The Bertz CT molecular complexity index is 527. The molecule has 2 rings (SSSR count). The van der Waals surface area contributed by atoms with Crippen LogP contribution < -0.4 is 10.1 Å². The van der Waals surface area contributed by atoms with E-state index in [1.54, 1.807) is 0 Å². The number of carbonyl (C=O) groups is 1. The highest BCUT2D eigenvalue weighted by molar-refractivity contribution is 5.80. The Labute approximate surface area is 147 Å². The number of benzene rings is 1. The third-order valence-corrected chi connectivity index (χ3v) is 5.11. The van der Waals surface area contributed by atoms with Gasteiger partial charge in [-0.1, -0.05) is 39.2 Å². The Morgan fingerprint density at radius 1 is 1.21 bits per heavy atom. The fourth-order valence-corrected chi connectivity index (χ4v) is 3.37. The maximum Gasteiger partial charge on any atom is 0.260 e. The maximum absolute atomic E-state index is 12.3. The second kappa shape index (κ2) is 9.71. The molecule has 1 aliphatic carbocycles. The van der Waals surface area contributed by atoms with Crippen LogP contribution in [0.5, 0.6) is 5.75 Å². The van der Waals surface area contributed by atoms with Gasteiger partial charge in [0, 0.05) is 6.54 Å². The first-order chi connectivity index (χ1) is 11.6. The van der Waals surface area contributed by atoms with Gasteiger partial charge in [0.25, 0.3) is 5.91 Å². The number of unbranched alkanes of at least 4 members (excludes halogenated alkanes) is 1. The Morgan fingerprint density at radius 3 is 2.67 bits per heavy atom. The maximum atomic E-state index is 12.3. The van der Waals surface area contributed by atoms with E-state index in [-0.39, 0.29) is 5.91 Å². The molecule has 2 atom stereocenters. The fraction of sp³-hybridized carbons (Fsp3) is 0.667. The van der Waals surface area contributed by atoms with Crippen LogP contribution >= 0.6 is 0 Å². The number of carbonyl (C=O) groups excluding carboxylic acids is 1. The summed E-state index contributed by atoms with van der Waals surface area (Å²) < 4.78 is 5.88. The van der Waals surface area contributed by atoms with E-state index in [1.807, 2.05) is 13.0 Å². The molecule has 0 saturated carbocycles. The molecule has 3 nitrogen and oxygen atoms in total. The number of fused-ring (bicyclic) bond motifs is 1. The minimum absolute atomic E-state index is 0.0114. The van der Waals surface area contributed by atoms with Crippen LogP contribution in [-0.4, -0.2) is 18.6 Å². The average molecular weight is 332 g/mol. The average Bonchev–Trinajstić information content (AvgIpc) is 2.61. The molecule has 1 aliphatic rings. The zero-order chi connectivity index (χ0) is 17.4. The lowest BCUT2D eigenvalue weighted by molar-refractivity contribution is -0.127. The molecule has 24 heavy (non-hydrogen) atoms. The number of hydrogen-bond donors (Lipinski definition) is 1. The van der Waals surface area contributed by atoms with Crippen LogP contribution in [-0.2, 0) is 17.6 Å². The van der Waals surface area contributed by atoms with Crippen LogP contribution in [0.4, 0.5) is 0 Å². The molecule has 0 spiro atoms. The standard InChI is InChI=1S/C21H33NO2/c1-4-6-9-17(5-2)15-22-21(23)16(3)24-20-13-12-18-10-7-8-11-19(18)14-20/h12-14,16-17H,4-11,15H2,1-3H3,(H,22,23)/t16-,17+/m0/s1. The minimum atomic E-state index is -0.449. The van der Waals surface area contributed by atoms with E-state index in [4.69, 9.17) is 4.74 Å². The van der Waals surface area contributed by atoms with Gasteiger partial charge < -0.3 is 10.1 Å². The van der Waals surface area contributed by atoms with Crippen molar-refractivity contribution < 1.29 is 9.53 Å². The second-order valence-corrected chi connectivity index (χ2v) is 7.06. The molecule has 0 radical (unpaired) electrons. The molecule has 0 aromatic heterocycles. The van der Waals surface area contributed by atoms with Gasteiger partial charge in [-0.2, -0.15) is 0 Å². The van der Waals surface area contributed by atoms with Crippen LogP contribution in [0.25, 0.3) is 0 Å². The topological polar surface area (TPSA) is 38.3 Å². The predicted molar refractivity (Wildman–Crippen MR) is 99.5 cm³/mol. The first-order valence-corrected chi connectivity index (χ1v) is 9.70. The van der Waals surface area contributed by atoms with Gasteiger partial charge in [-0.05, 0) is 68.2 Å². The van der Waals surface area contributed by atoms with Crippen molar-refractivity contribution in [3.05, 3.63) is 29.3 Å². The predicted octanol–water partition coefficient (Wildman–Crippen LogP) is 4.67. The Morgan fingerprint density at radius 2 is 1.96 bits per heavy atom. The summed E-state index contributed by atoms with van der Waals surface area (Å²) in [6.45, 7) is 6.99. The lowest BCUT2D eigenvalue weighted by Crippen LogP contribution is -2.38. The van der Waals surface area contributed by atoms with E-state index in [0.29, 0.717) is 5.92 Å². The highest BCUT2D eigenvalue weighted by Crippen LogP contribution is 2.25. The molecular formula is C21H33NO2. The Hall–Kier alpha value is -1.51. The van der Waals surface area contributed by atoms with E-state index in [2.05, 4.69) is 31.3 Å². The van der Waals surface area contributed by atoms with Crippen molar-refractivity contribution in [3.63, 3.8) is 0 Å². The number of rotatable bonds is 9. The molecule has 134 valence electrons. The van der Waals surface area contributed by atoms with Crippen LogP contribution in [0.2, 0.25) is 0 Å². The molecule has 0 aliphatic heterocycles. The van der Waals surface area contributed by atoms with E-state index in [1.165, 1.54) is 49.7 Å². The van der Waals surface area contributed by atoms with Crippen molar-refractivity contribution >= 4 is 5.91 Å². The minimum Gasteiger partial charge on any atom is -0.481 e. The number of nitrogens with one attached hydrogen (secondary N) is 1. The fourth-order valence-electron chi connectivity index (χ4n) is 3.37.